The molecule has 0 saturated heterocycles. The molecule has 0 unspecified atom stereocenters. The summed E-state index contributed by atoms with van der Waals surface area (Å²) in [5.74, 6) is -0.215. The van der Waals surface area contributed by atoms with E-state index in [0.29, 0.717) is 11.3 Å². The summed E-state index contributed by atoms with van der Waals surface area (Å²) >= 11 is 0. The number of pyridine rings is 1. The van der Waals surface area contributed by atoms with Crippen molar-refractivity contribution < 1.29 is 9.21 Å². The van der Waals surface area contributed by atoms with Gasteiger partial charge >= 0.3 is 0 Å². The van der Waals surface area contributed by atoms with E-state index in [1.807, 2.05) is 24.3 Å². The van der Waals surface area contributed by atoms with Gasteiger partial charge in [-0.1, -0.05) is 18.2 Å². The Hall–Kier alpha value is -2.36. The lowest BCUT2D eigenvalue weighted by atomic mass is 10.2. The molecular formula is C13H10N2O2. The summed E-state index contributed by atoms with van der Waals surface area (Å²) in [5, 5.41) is 4.47. The first-order chi connectivity index (χ1) is 8.29. The van der Waals surface area contributed by atoms with Crippen LogP contribution in [0.4, 0.5) is 0 Å². The van der Waals surface area contributed by atoms with E-state index in [1.165, 1.54) is 0 Å². The number of hydrogen-bond acceptors (Lipinski definition) is 3. The summed E-state index contributed by atoms with van der Waals surface area (Å²) in [7, 11) is 1.58. The number of rotatable bonds is 1. The van der Waals surface area contributed by atoms with Crippen LogP contribution in [-0.4, -0.2) is 17.9 Å². The molecule has 17 heavy (non-hydrogen) atoms. The van der Waals surface area contributed by atoms with Crippen molar-refractivity contribution >= 4 is 27.8 Å². The zero-order valence-electron chi connectivity index (χ0n) is 9.23. The van der Waals surface area contributed by atoms with Crippen LogP contribution in [0.3, 0.4) is 0 Å². The third kappa shape index (κ3) is 1.45. The highest BCUT2D eigenvalue weighted by Crippen LogP contribution is 2.27. The fourth-order valence-electron chi connectivity index (χ4n) is 1.87. The smallest absolute Gasteiger partial charge is 0.269 e. The predicted molar refractivity (Wildman–Crippen MR) is 64.9 cm³/mol. The molecule has 1 amide bonds. The largest absolute Gasteiger partial charge is 0.456 e. The van der Waals surface area contributed by atoms with Gasteiger partial charge in [-0.2, -0.15) is 0 Å². The molecule has 0 aliphatic rings. The fourth-order valence-corrected chi connectivity index (χ4v) is 1.87. The second kappa shape index (κ2) is 3.59. The lowest BCUT2D eigenvalue weighted by Crippen LogP contribution is -2.18. The minimum Gasteiger partial charge on any atom is -0.456 e. The minimum absolute atomic E-state index is 0.215. The third-order valence-corrected chi connectivity index (χ3v) is 2.72. The molecule has 0 radical (unpaired) electrons. The lowest BCUT2D eigenvalue weighted by molar-refractivity contribution is 0.0958. The number of nitrogens with one attached hydrogen (secondary N) is 1. The van der Waals surface area contributed by atoms with Crippen molar-refractivity contribution in [2.45, 2.75) is 0 Å². The Kier molecular flexibility index (Phi) is 2.08. The van der Waals surface area contributed by atoms with Gasteiger partial charge in [0.15, 0.2) is 0 Å². The van der Waals surface area contributed by atoms with Gasteiger partial charge in [0, 0.05) is 30.1 Å². The van der Waals surface area contributed by atoms with Crippen molar-refractivity contribution in [3.63, 3.8) is 0 Å². The van der Waals surface area contributed by atoms with Crippen LogP contribution in [0.15, 0.2) is 40.9 Å². The Bertz CT molecular complexity index is 716. The van der Waals surface area contributed by atoms with Gasteiger partial charge in [0.2, 0.25) is 0 Å². The number of carbonyl (C=O) groups is 1. The molecule has 4 heteroatoms. The second-order valence-corrected chi connectivity index (χ2v) is 3.74. The average molecular weight is 226 g/mol. The summed E-state index contributed by atoms with van der Waals surface area (Å²) in [6.45, 7) is 0. The van der Waals surface area contributed by atoms with Gasteiger partial charge in [-0.25, -0.2) is 0 Å². The molecule has 1 N–H and O–H groups in total. The molecular weight excluding hydrogens is 216 g/mol. The number of nitrogens with zero attached hydrogens (tertiary/aromatic N) is 1. The van der Waals surface area contributed by atoms with Crippen molar-refractivity contribution in [3.05, 3.63) is 42.2 Å². The van der Waals surface area contributed by atoms with Crippen LogP contribution in [0.2, 0.25) is 0 Å². The number of amides is 1. The minimum atomic E-state index is -0.215. The average Bonchev–Trinajstić information content (AvgIpc) is 2.75. The Morgan fingerprint density at radius 2 is 2.06 bits per heavy atom. The van der Waals surface area contributed by atoms with E-state index in [0.717, 1.165) is 16.4 Å². The lowest BCUT2D eigenvalue weighted by Gasteiger charge is -1.97. The Labute approximate surface area is 97.2 Å². The molecule has 1 aromatic carbocycles. The first kappa shape index (κ1) is 9.84. The topological polar surface area (TPSA) is 55.1 Å². The van der Waals surface area contributed by atoms with Gasteiger partial charge in [0.25, 0.3) is 5.91 Å². The molecule has 0 aliphatic carbocycles. The summed E-state index contributed by atoms with van der Waals surface area (Å²) in [6.07, 6.45) is 1.67. The van der Waals surface area contributed by atoms with E-state index >= 15 is 0 Å². The maximum absolute atomic E-state index is 11.5. The number of para-hydroxylation sites is 1. The molecule has 0 aliphatic heterocycles. The van der Waals surface area contributed by atoms with Gasteiger partial charge < -0.3 is 9.73 Å². The zero-order valence-corrected chi connectivity index (χ0v) is 9.23. The van der Waals surface area contributed by atoms with Crippen molar-refractivity contribution in [1.82, 2.24) is 10.3 Å². The van der Waals surface area contributed by atoms with Crippen molar-refractivity contribution in [2.75, 3.05) is 7.05 Å². The van der Waals surface area contributed by atoms with E-state index in [2.05, 4.69) is 10.3 Å². The van der Waals surface area contributed by atoms with Gasteiger partial charge in [0.05, 0.1) is 0 Å². The van der Waals surface area contributed by atoms with Crippen molar-refractivity contribution in [2.24, 2.45) is 0 Å². The molecule has 0 bridgehead atoms. The molecule has 84 valence electrons. The molecule has 0 fully saturated rings. The Morgan fingerprint density at radius 3 is 2.88 bits per heavy atom. The highest BCUT2D eigenvalue weighted by Gasteiger charge is 2.10. The van der Waals surface area contributed by atoms with Crippen LogP contribution in [0.1, 0.15) is 10.5 Å². The molecule has 3 rings (SSSR count). The fraction of sp³-hybridized carbons (Fsp3) is 0.0769. The molecule has 0 spiro atoms. The molecule has 2 aromatic heterocycles. The first-order valence-corrected chi connectivity index (χ1v) is 5.29. The van der Waals surface area contributed by atoms with E-state index < -0.39 is 0 Å². The predicted octanol–water partition coefficient (Wildman–Crippen LogP) is 2.34. The first-order valence-electron chi connectivity index (χ1n) is 5.29. The highest BCUT2D eigenvalue weighted by atomic mass is 16.3. The maximum atomic E-state index is 11.5. The zero-order chi connectivity index (χ0) is 11.8. The van der Waals surface area contributed by atoms with Crippen molar-refractivity contribution in [3.8, 4) is 0 Å². The summed E-state index contributed by atoms with van der Waals surface area (Å²) in [4.78, 5) is 15.6. The van der Waals surface area contributed by atoms with Crippen LogP contribution >= 0.6 is 0 Å². The number of aromatic nitrogens is 1. The van der Waals surface area contributed by atoms with Gasteiger partial charge in [-0.15, -0.1) is 0 Å². The molecule has 0 atom stereocenters. The summed E-state index contributed by atoms with van der Waals surface area (Å²) < 4.78 is 5.67. The number of hydrogen-bond donors (Lipinski definition) is 1. The third-order valence-electron chi connectivity index (χ3n) is 2.72. The van der Waals surface area contributed by atoms with Crippen LogP contribution in [0, 0.1) is 0 Å². The second-order valence-electron chi connectivity index (χ2n) is 3.74. The van der Waals surface area contributed by atoms with E-state index in [-0.39, 0.29) is 5.91 Å². The van der Waals surface area contributed by atoms with Crippen LogP contribution in [0.25, 0.3) is 21.9 Å². The maximum Gasteiger partial charge on any atom is 0.269 e. The summed E-state index contributed by atoms with van der Waals surface area (Å²) in [5.41, 5.74) is 1.84. The molecule has 2 heterocycles. The van der Waals surface area contributed by atoms with Gasteiger partial charge in [0.1, 0.15) is 16.9 Å². The quantitative estimate of drug-likeness (QED) is 0.692. The Balaban J connectivity index is 2.30. The van der Waals surface area contributed by atoms with E-state index in [9.17, 15) is 4.79 Å². The van der Waals surface area contributed by atoms with Crippen LogP contribution in [0.5, 0.6) is 0 Å². The van der Waals surface area contributed by atoms with E-state index in [4.69, 9.17) is 4.42 Å². The summed E-state index contributed by atoms with van der Waals surface area (Å²) in [6, 6.07) is 9.40. The van der Waals surface area contributed by atoms with Crippen molar-refractivity contribution in [1.29, 1.82) is 0 Å². The van der Waals surface area contributed by atoms with E-state index in [1.54, 1.807) is 19.3 Å². The Morgan fingerprint density at radius 1 is 1.24 bits per heavy atom. The number of carbonyl (C=O) groups excluding carboxylic acids is 1. The molecule has 3 aromatic rings. The van der Waals surface area contributed by atoms with Crippen LogP contribution < -0.4 is 5.32 Å². The van der Waals surface area contributed by atoms with Crippen LogP contribution in [-0.2, 0) is 0 Å². The standard InChI is InChI=1S/C13H10N2O2/c1-14-13(16)10-6-12-9(7-15-10)8-4-2-3-5-11(8)17-12/h2-7H,1H3,(H,14,16). The number of furan rings is 1. The number of benzene rings is 1. The monoisotopic (exact) mass is 226 g/mol. The molecule has 4 nitrogen and oxygen atoms in total. The SMILES string of the molecule is CNC(=O)c1cc2oc3ccccc3c2cn1. The normalized spacial score (nSPS) is 10.9. The highest BCUT2D eigenvalue weighted by molar-refractivity contribution is 6.06. The van der Waals surface area contributed by atoms with Gasteiger partial charge in [-0.05, 0) is 6.07 Å². The number of fused-ring (bicyclic) bond motifs is 3. The molecule has 0 saturated carbocycles. The van der Waals surface area contributed by atoms with Gasteiger partial charge in [-0.3, -0.25) is 9.78 Å².